The number of rotatable bonds is 6. The van der Waals surface area contributed by atoms with E-state index in [9.17, 15) is 0 Å². The van der Waals surface area contributed by atoms with Gasteiger partial charge in [-0.15, -0.1) is 11.3 Å². The summed E-state index contributed by atoms with van der Waals surface area (Å²) < 4.78 is 0. The molecule has 2 aliphatic carbocycles. The molecular formula is C15H24N2S. The van der Waals surface area contributed by atoms with E-state index in [4.69, 9.17) is 4.98 Å². The number of nitrogens with zero attached hydrogens (tertiary/aromatic N) is 1. The van der Waals surface area contributed by atoms with Crippen LogP contribution >= 0.6 is 11.3 Å². The Kier molecular flexibility index (Phi) is 3.23. The summed E-state index contributed by atoms with van der Waals surface area (Å²) in [5.74, 6) is 0.940. The van der Waals surface area contributed by atoms with Crippen molar-refractivity contribution < 1.29 is 0 Å². The third-order valence-electron chi connectivity index (χ3n) is 4.19. The summed E-state index contributed by atoms with van der Waals surface area (Å²) >= 11 is 1.91. The molecule has 18 heavy (non-hydrogen) atoms. The van der Waals surface area contributed by atoms with E-state index in [0.29, 0.717) is 0 Å². The first-order valence-electron chi connectivity index (χ1n) is 7.35. The van der Waals surface area contributed by atoms with Crippen LogP contribution in [0.25, 0.3) is 0 Å². The zero-order valence-electron chi connectivity index (χ0n) is 11.8. The van der Waals surface area contributed by atoms with Crippen LogP contribution in [0.2, 0.25) is 0 Å². The Labute approximate surface area is 114 Å². The SMILES string of the molecule is CCc1nc(C(C)(CC2CC2)NC2CC2)sc1C. The predicted molar refractivity (Wildman–Crippen MR) is 77.1 cm³/mol. The molecule has 2 nitrogen and oxygen atoms in total. The Balaban J connectivity index is 1.84. The predicted octanol–water partition coefficient (Wildman–Crippen LogP) is 3.78. The van der Waals surface area contributed by atoms with E-state index >= 15 is 0 Å². The minimum Gasteiger partial charge on any atom is -0.303 e. The van der Waals surface area contributed by atoms with E-state index in [2.05, 4.69) is 26.1 Å². The van der Waals surface area contributed by atoms with E-state index in [1.807, 2.05) is 11.3 Å². The second-order valence-electron chi connectivity index (χ2n) is 6.27. The molecule has 0 aromatic carbocycles. The lowest BCUT2D eigenvalue weighted by atomic mass is 9.95. The first kappa shape index (κ1) is 12.6. The number of hydrogen-bond donors (Lipinski definition) is 1. The summed E-state index contributed by atoms with van der Waals surface area (Å²) in [7, 11) is 0. The Morgan fingerprint density at radius 3 is 2.56 bits per heavy atom. The molecule has 0 aliphatic heterocycles. The molecule has 1 atom stereocenters. The largest absolute Gasteiger partial charge is 0.303 e. The minimum atomic E-state index is 0.130. The molecule has 0 saturated heterocycles. The van der Waals surface area contributed by atoms with Gasteiger partial charge in [0.15, 0.2) is 0 Å². The van der Waals surface area contributed by atoms with Crippen LogP contribution in [0, 0.1) is 12.8 Å². The Bertz CT molecular complexity index is 416. The highest BCUT2D eigenvalue weighted by atomic mass is 32.1. The molecule has 1 heterocycles. The summed E-state index contributed by atoms with van der Waals surface area (Å²) in [6.45, 7) is 6.80. The van der Waals surface area contributed by atoms with Gasteiger partial charge in [0.05, 0.1) is 11.2 Å². The normalized spacial score (nSPS) is 23.1. The highest BCUT2D eigenvalue weighted by Gasteiger charge is 2.40. The summed E-state index contributed by atoms with van der Waals surface area (Å²) in [5.41, 5.74) is 1.43. The zero-order valence-corrected chi connectivity index (χ0v) is 12.6. The van der Waals surface area contributed by atoms with Crippen molar-refractivity contribution in [2.75, 3.05) is 0 Å². The van der Waals surface area contributed by atoms with E-state index in [0.717, 1.165) is 18.4 Å². The quantitative estimate of drug-likeness (QED) is 0.846. The van der Waals surface area contributed by atoms with Crippen LogP contribution in [0.5, 0.6) is 0 Å². The second-order valence-corrected chi connectivity index (χ2v) is 7.48. The van der Waals surface area contributed by atoms with Gasteiger partial charge in [-0.05, 0) is 45.4 Å². The van der Waals surface area contributed by atoms with Crippen molar-refractivity contribution >= 4 is 11.3 Å². The molecule has 0 bridgehead atoms. The molecule has 1 aromatic rings. The van der Waals surface area contributed by atoms with Crippen molar-refractivity contribution in [1.29, 1.82) is 0 Å². The average Bonchev–Trinajstić information content (AvgIpc) is 3.23. The molecule has 0 radical (unpaired) electrons. The van der Waals surface area contributed by atoms with Crippen LogP contribution in [0.3, 0.4) is 0 Å². The van der Waals surface area contributed by atoms with E-state index in [1.54, 1.807) is 0 Å². The van der Waals surface area contributed by atoms with Gasteiger partial charge in [0.1, 0.15) is 5.01 Å². The lowest BCUT2D eigenvalue weighted by molar-refractivity contribution is 0.317. The van der Waals surface area contributed by atoms with E-state index in [1.165, 1.54) is 47.7 Å². The van der Waals surface area contributed by atoms with Crippen molar-refractivity contribution in [3.8, 4) is 0 Å². The first-order chi connectivity index (χ1) is 8.60. The lowest BCUT2D eigenvalue weighted by Gasteiger charge is -2.29. The monoisotopic (exact) mass is 264 g/mol. The third-order valence-corrected chi connectivity index (χ3v) is 5.47. The molecule has 100 valence electrons. The van der Waals surface area contributed by atoms with Gasteiger partial charge < -0.3 is 5.32 Å². The van der Waals surface area contributed by atoms with Crippen LogP contribution < -0.4 is 5.32 Å². The lowest BCUT2D eigenvalue weighted by Crippen LogP contribution is -2.41. The molecule has 0 spiro atoms. The van der Waals surface area contributed by atoms with Gasteiger partial charge in [-0.25, -0.2) is 4.98 Å². The molecule has 2 aliphatic rings. The van der Waals surface area contributed by atoms with Crippen LogP contribution in [0.4, 0.5) is 0 Å². The third kappa shape index (κ3) is 2.62. The number of nitrogens with one attached hydrogen (secondary N) is 1. The molecule has 1 aromatic heterocycles. The van der Waals surface area contributed by atoms with Crippen LogP contribution in [0.15, 0.2) is 0 Å². The van der Waals surface area contributed by atoms with Gasteiger partial charge in [0.25, 0.3) is 0 Å². The number of aromatic nitrogens is 1. The Morgan fingerprint density at radius 1 is 1.33 bits per heavy atom. The zero-order chi connectivity index (χ0) is 12.8. The number of aryl methyl sites for hydroxylation is 2. The molecule has 2 fully saturated rings. The van der Waals surface area contributed by atoms with Gasteiger partial charge in [-0.3, -0.25) is 0 Å². The maximum atomic E-state index is 4.92. The highest BCUT2D eigenvalue weighted by molar-refractivity contribution is 7.11. The summed E-state index contributed by atoms with van der Waals surface area (Å²) in [5, 5.41) is 5.20. The highest BCUT2D eigenvalue weighted by Crippen LogP contribution is 2.43. The fraction of sp³-hybridized carbons (Fsp3) is 0.800. The molecule has 1 N–H and O–H groups in total. The van der Waals surface area contributed by atoms with Gasteiger partial charge >= 0.3 is 0 Å². The van der Waals surface area contributed by atoms with Crippen molar-refractivity contribution in [2.45, 2.75) is 70.9 Å². The summed E-state index contributed by atoms with van der Waals surface area (Å²) in [6, 6.07) is 0.753. The first-order valence-corrected chi connectivity index (χ1v) is 8.17. The van der Waals surface area contributed by atoms with Crippen LogP contribution in [-0.4, -0.2) is 11.0 Å². The fourth-order valence-corrected chi connectivity index (χ4v) is 3.90. The second kappa shape index (κ2) is 4.61. The minimum absolute atomic E-state index is 0.130. The van der Waals surface area contributed by atoms with E-state index < -0.39 is 0 Å². The Morgan fingerprint density at radius 2 is 2.06 bits per heavy atom. The molecule has 0 amide bonds. The van der Waals surface area contributed by atoms with Gasteiger partial charge in [0.2, 0.25) is 0 Å². The van der Waals surface area contributed by atoms with Gasteiger partial charge in [-0.1, -0.05) is 19.8 Å². The van der Waals surface area contributed by atoms with Crippen LogP contribution in [0.1, 0.15) is 61.5 Å². The van der Waals surface area contributed by atoms with Crippen molar-refractivity contribution in [1.82, 2.24) is 10.3 Å². The Hall–Kier alpha value is -0.410. The maximum Gasteiger partial charge on any atom is 0.113 e. The average molecular weight is 264 g/mol. The molecule has 3 rings (SSSR count). The molecular weight excluding hydrogens is 240 g/mol. The van der Waals surface area contributed by atoms with Gasteiger partial charge in [-0.2, -0.15) is 0 Å². The number of hydrogen-bond acceptors (Lipinski definition) is 3. The number of thiazole rings is 1. The fourth-order valence-electron chi connectivity index (χ4n) is 2.78. The standard InChI is InChI=1S/C15H24N2S/c1-4-13-10(2)18-14(16-13)15(3,9-11-5-6-11)17-12-7-8-12/h11-12,17H,4-9H2,1-3H3. The van der Waals surface area contributed by atoms with Crippen molar-refractivity contribution in [2.24, 2.45) is 5.92 Å². The molecule has 1 unspecified atom stereocenters. The summed E-state index contributed by atoms with van der Waals surface area (Å²) in [4.78, 5) is 6.33. The maximum absolute atomic E-state index is 4.92. The molecule has 3 heteroatoms. The van der Waals surface area contributed by atoms with Crippen molar-refractivity contribution in [3.05, 3.63) is 15.6 Å². The smallest absolute Gasteiger partial charge is 0.113 e. The van der Waals surface area contributed by atoms with E-state index in [-0.39, 0.29) is 5.54 Å². The summed E-state index contributed by atoms with van der Waals surface area (Å²) in [6.07, 6.45) is 7.89. The molecule has 2 saturated carbocycles. The topological polar surface area (TPSA) is 24.9 Å². The van der Waals surface area contributed by atoms with Crippen LogP contribution in [-0.2, 0) is 12.0 Å². The van der Waals surface area contributed by atoms with Crippen molar-refractivity contribution in [3.63, 3.8) is 0 Å². The van der Waals surface area contributed by atoms with Gasteiger partial charge in [0, 0.05) is 10.9 Å².